The van der Waals surface area contributed by atoms with Gasteiger partial charge in [-0.05, 0) is 12.8 Å². The second kappa shape index (κ2) is 5.16. The number of aliphatic carboxylic acids is 1. The Hall–Kier alpha value is -1.30. The second-order valence-electron chi connectivity index (χ2n) is 3.79. The van der Waals surface area contributed by atoms with Crippen molar-refractivity contribution in [1.29, 1.82) is 0 Å². The molecule has 1 rings (SSSR count). The predicted octanol–water partition coefficient (Wildman–Crippen LogP) is 1.28. The maximum absolute atomic E-state index is 11.2. The molecule has 1 aromatic heterocycles. The maximum atomic E-state index is 11.2. The molecule has 0 saturated heterocycles. The van der Waals surface area contributed by atoms with Crippen molar-refractivity contribution < 1.29 is 9.90 Å². The highest BCUT2D eigenvalue weighted by Gasteiger charge is 2.23. The molecule has 16 heavy (non-hydrogen) atoms. The van der Waals surface area contributed by atoms with E-state index in [1.54, 1.807) is 6.92 Å². The third-order valence-corrected chi connectivity index (χ3v) is 3.38. The number of carbonyl (C=O) groups is 1. The van der Waals surface area contributed by atoms with Crippen molar-refractivity contribution in [2.24, 2.45) is 5.92 Å². The fraction of sp³-hybridized carbons (Fsp3) is 0.500. The quantitative estimate of drug-likeness (QED) is 0.614. The molecule has 0 aliphatic heterocycles. The molecule has 0 bridgehead atoms. The van der Waals surface area contributed by atoms with Gasteiger partial charge in [0.1, 0.15) is 16.1 Å². The highest BCUT2D eigenvalue weighted by Crippen LogP contribution is 2.25. The van der Waals surface area contributed by atoms with E-state index >= 15 is 0 Å². The molecule has 5 nitrogen and oxygen atoms in total. The average molecular weight is 242 g/mol. The molecule has 0 spiro atoms. The van der Waals surface area contributed by atoms with Gasteiger partial charge in [-0.3, -0.25) is 9.59 Å². The number of rotatable bonds is 4. The van der Waals surface area contributed by atoms with Gasteiger partial charge in [-0.15, -0.1) is 0 Å². The van der Waals surface area contributed by atoms with Gasteiger partial charge in [-0.1, -0.05) is 25.6 Å². The molecule has 1 aromatic rings. The molecule has 1 unspecified atom stereocenters. The van der Waals surface area contributed by atoms with Gasteiger partial charge in [-0.25, -0.2) is 4.98 Å². The zero-order chi connectivity index (χ0) is 12.3. The van der Waals surface area contributed by atoms with E-state index in [4.69, 9.17) is 5.11 Å². The van der Waals surface area contributed by atoms with Crippen LogP contribution in [0.1, 0.15) is 19.7 Å². The van der Waals surface area contributed by atoms with Crippen LogP contribution in [0.15, 0.2) is 15.9 Å². The number of aromatic amines is 1. The Morgan fingerprint density at radius 2 is 2.19 bits per heavy atom. The van der Waals surface area contributed by atoms with Gasteiger partial charge >= 0.3 is 5.97 Å². The Morgan fingerprint density at radius 3 is 2.62 bits per heavy atom. The summed E-state index contributed by atoms with van der Waals surface area (Å²) in [4.78, 5) is 28.8. The molecular formula is C10H14N2O3S. The zero-order valence-corrected chi connectivity index (χ0v) is 10.2. The summed E-state index contributed by atoms with van der Waals surface area (Å²) in [6, 6.07) is 1.32. The van der Waals surface area contributed by atoms with E-state index in [0.717, 1.165) is 11.8 Å². The average Bonchev–Trinajstić information content (AvgIpc) is 2.11. The van der Waals surface area contributed by atoms with Gasteiger partial charge in [0.15, 0.2) is 0 Å². The molecule has 2 N–H and O–H groups in total. The predicted molar refractivity (Wildman–Crippen MR) is 61.7 cm³/mol. The first-order valence-electron chi connectivity index (χ1n) is 4.87. The van der Waals surface area contributed by atoms with E-state index < -0.39 is 11.2 Å². The largest absolute Gasteiger partial charge is 0.480 e. The van der Waals surface area contributed by atoms with Gasteiger partial charge in [0.25, 0.3) is 5.56 Å². The summed E-state index contributed by atoms with van der Waals surface area (Å²) in [7, 11) is 0. The zero-order valence-electron chi connectivity index (χ0n) is 9.35. The van der Waals surface area contributed by atoms with Gasteiger partial charge in [-0.2, -0.15) is 0 Å². The molecule has 0 radical (unpaired) electrons. The molecule has 0 saturated carbocycles. The van der Waals surface area contributed by atoms with E-state index in [1.165, 1.54) is 6.07 Å². The molecule has 0 aliphatic rings. The first kappa shape index (κ1) is 12.8. The number of H-pyrrole nitrogens is 1. The van der Waals surface area contributed by atoms with E-state index in [-0.39, 0.29) is 11.5 Å². The van der Waals surface area contributed by atoms with Gasteiger partial charge in [0.2, 0.25) is 0 Å². The second-order valence-corrected chi connectivity index (χ2v) is 4.95. The minimum Gasteiger partial charge on any atom is -0.480 e. The fourth-order valence-electron chi connectivity index (χ4n) is 1.21. The van der Waals surface area contributed by atoms with Crippen LogP contribution in [-0.2, 0) is 4.79 Å². The number of hydrogen-bond donors (Lipinski definition) is 2. The summed E-state index contributed by atoms with van der Waals surface area (Å²) in [5.74, 6) is -0.425. The number of hydrogen-bond acceptors (Lipinski definition) is 4. The molecule has 88 valence electrons. The van der Waals surface area contributed by atoms with E-state index in [1.807, 2.05) is 13.8 Å². The molecule has 1 heterocycles. The molecule has 0 fully saturated rings. The van der Waals surface area contributed by atoms with Crippen molar-refractivity contribution in [3.05, 3.63) is 22.2 Å². The van der Waals surface area contributed by atoms with Crippen LogP contribution in [0.5, 0.6) is 0 Å². The molecular weight excluding hydrogens is 228 g/mol. The Balaban J connectivity index is 2.93. The normalized spacial score (nSPS) is 12.8. The van der Waals surface area contributed by atoms with Crippen molar-refractivity contribution in [1.82, 2.24) is 9.97 Å². The molecule has 0 aliphatic carbocycles. The van der Waals surface area contributed by atoms with Crippen molar-refractivity contribution >= 4 is 17.7 Å². The van der Waals surface area contributed by atoms with Crippen molar-refractivity contribution in [3.8, 4) is 0 Å². The Morgan fingerprint density at radius 1 is 1.56 bits per heavy atom. The third-order valence-electron chi connectivity index (χ3n) is 1.93. The number of aromatic nitrogens is 2. The Kier molecular flexibility index (Phi) is 4.12. The van der Waals surface area contributed by atoms with Crippen molar-refractivity contribution in [3.63, 3.8) is 0 Å². The third kappa shape index (κ3) is 3.37. The maximum Gasteiger partial charge on any atom is 0.317 e. The smallest absolute Gasteiger partial charge is 0.317 e. The molecule has 0 aromatic carbocycles. The summed E-state index contributed by atoms with van der Waals surface area (Å²) >= 11 is 1.10. The highest BCUT2D eigenvalue weighted by molar-refractivity contribution is 8.00. The van der Waals surface area contributed by atoms with Crippen LogP contribution < -0.4 is 5.56 Å². The van der Waals surface area contributed by atoms with E-state index in [0.29, 0.717) is 10.9 Å². The number of nitrogens with zero attached hydrogens (tertiary/aromatic N) is 1. The SMILES string of the molecule is Cc1nc(SC(C(=O)O)C(C)C)cc(=O)[nH]1. The van der Waals surface area contributed by atoms with Crippen LogP contribution in [0.2, 0.25) is 0 Å². The van der Waals surface area contributed by atoms with Gasteiger partial charge < -0.3 is 10.1 Å². The van der Waals surface area contributed by atoms with E-state index in [9.17, 15) is 9.59 Å². The monoisotopic (exact) mass is 242 g/mol. The van der Waals surface area contributed by atoms with Crippen LogP contribution in [0.25, 0.3) is 0 Å². The summed E-state index contributed by atoms with van der Waals surface area (Å²) in [6.07, 6.45) is 0. The summed E-state index contributed by atoms with van der Waals surface area (Å²) < 4.78 is 0. The number of aryl methyl sites for hydroxylation is 1. The van der Waals surface area contributed by atoms with Crippen LogP contribution in [0.4, 0.5) is 0 Å². The van der Waals surface area contributed by atoms with Gasteiger partial charge in [0, 0.05) is 6.07 Å². The van der Waals surface area contributed by atoms with Crippen LogP contribution >= 0.6 is 11.8 Å². The lowest BCUT2D eigenvalue weighted by atomic mass is 10.1. The lowest BCUT2D eigenvalue weighted by Gasteiger charge is -2.14. The highest BCUT2D eigenvalue weighted by atomic mass is 32.2. The van der Waals surface area contributed by atoms with Crippen LogP contribution in [0.3, 0.4) is 0 Å². The summed E-state index contributed by atoms with van der Waals surface area (Å²) in [5.41, 5.74) is -0.261. The number of thioether (sulfide) groups is 1. The molecule has 6 heteroatoms. The first-order chi connectivity index (χ1) is 7.40. The number of carboxylic acid groups (broad SMARTS) is 1. The first-order valence-corrected chi connectivity index (χ1v) is 5.75. The number of nitrogens with one attached hydrogen (secondary N) is 1. The summed E-state index contributed by atoms with van der Waals surface area (Å²) in [5, 5.41) is 8.87. The minimum absolute atomic E-state index is 0.0242. The van der Waals surface area contributed by atoms with Crippen molar-refractivity contribution in [2.45, 2.75) is 31.0 Å². The lowest BCUT2D eigenvalue weighted by molar-refractivity contribution is -0.137. The van der Waals surface area contributed by atoms with E-state index in [2.05, 4.69) is 9.97 Å². The fourth-order valence-corrected chi connectivity index (χ4v) is 2.21. The Bertz CT molecular complexity index is 442. The lowest BCUT2D eigenvalue weighted by Crippen LogP contribution is -2.23. The topological polar surface area (TPSA) is 83.0 Å². The number of carboxylic acids is 1. The standard InChI is InChI=1S/C10H14N2O3S/c1-5(2)9(10(14)15)16-8-4-7(13)11-6(3)12-8/h4-5,9H,1-3H3,(H,14,15)(H,11,12,13). The molecule has 0 amide bonds. The summed E-state index contributed by atoms with van der Waals surface area (Å²) in [6.45, 7) is 5.31. The minimum atomic E-state index is -0.889. The molecule has 1 atom stereocenters. The van der Waals surface area contributed by atoms with Gasteiger partial charge in [0.05, 0.1) is 0 Å². The van der Waals surface area contributed by atoms with Crippen LogP contribution in [0, 0.1) is 12.8 Å². The Labute approximate surface area is 97.3 Å². The van der Waals surface area contributed by atoms with Crippen LogP contribution in [-0.4, -0.2) is 26.3 Å². The van der Waals surface area contributed by atoms with Crippen molar-refractivity contribution in [2.75, 3.05) is 0 Å².